The minimum atomic E-state index is 0.153. The summed E-state index contributed by atoms with van der Waals surface area (Å²) in [6, 6.07) is 21.8. The fourth-order valence-corrected chi connectivity index (χ4v) is 3.36. The molecule has 0 aliphatic carbocycles. The smallest absolute Gasteiger partial charge is 0.143 e. The van der Waals surface area contributed by atoms with Crippen LogP contribution in [0.5, 0.6) is 0 Å². The van der Waals surface area contributed by atoms with Gasteiger partial charge in [0.25, 0.3) is 0 Å². The second-order valence-electron chi connectivity index (χ2n) is 7.68. The first kappa shape index (κ1) is 19.2. The van der Waals surface area contributed by atoms with Gasteiger partial charge in [-0.1, -0.05) is 68.4 Å². The zero-order valence-corrected chi connectivity index (χ0v) is 17.1. The molecule has 4 aromatic rings. The Morgan fingerprint density at radius 1 is 0.931 bits per heavy atom. The molecule has 0 saturated carbocycles. The van der Waals surface area contributed by atoms with Gasteiger partial charge in [0.05, 0.1) is 5.39 Å². The van der Waals surface area contributed by atoms with Gasteiger partial charge in [-0.25, -0.2) is 9.97 Å². The summed E-state index contributed by atoms with van der Waals surface area (Å²) >= 11 is 0. The summed E-state index contributed by atoms with van der Waals surface area (Å²) in [6.07, 6.45) is 1.60. The zero-order chi connectivity index (χ0) is 20.2. The quantitative estimate of drug-likeness (QED) is 0.404. The minimum absolute atomic E-state index is 0.153. The summed E-state index contributed by atoms with van der Waals surface area (Å²) in [5, 5.41) is 7.97. The van der Waals surface area contributed by atoms with E-state index in [4.69, 9.17) is 0 Å². The van der Waals surface area contributed by atoms with Crippen LogP contribution >= 0.6 is 0 Å². The van der Waals surface area contributed by atoms with Crippen molar-refractivity contribution in [2.24, 2.45) is 0 Å². The molecule has 2 heterocycles. The summed E-state index contributed by atoms with van der Waals surface area (Å²) in [5.74, 6) is 0.839. The molecule has 0 bridgehead atoms. The average Bonchev–Trinajstić information content (AvgIpc) is 3.18. The highest BCUT2D eigenvalue weighted by molar-refractivity contribution is 5.91. The maximum absolute atomic E-state index is 4.48. The number of hydrogen-bond acceptors (Lipinski definition) is 4. The molecule has 4 rings (SSSR count). The van der Waals surface area contributed by atoms with Crippen LogP contribution in [0.25, 0.3) is 22.3 Å². The molecule has 0 saturated heterocycles. The Balaban J connectivity index is 1.57. The van der Waals surface area contributed by atoms with Crippen molar-refractivity contribution in [3.8, 4) is 11.3 Å². The highest BCUT2D eigenvalue weighted by Gasteiger charge is 2.12. The van der Waals surface area contributed by atoms with E-state index in [1.54, 1.807) is 6.33 Å². The second kappa shape index (κ2) is 8.45. The number of rotatable bonds is 7. The van der Waals surface area contributed by atoms with Gasteiger partial charge in [-0.15, -0.1) is 0 Å². The van der Waals surface area contributed by atoms with Gasteiger partial charge >= 0.3 is 0 Å². The SMILES string of the molecule is CC(C)NCc1ccc(-c2cc3c(N[C@H](C)c4ccccc4)ncnc3[nH]2)cc1. The number of H-pyrrole nitrogens is 1. The normalized spacial score (nSPS) is 12.4. The molecule has 0 fully saturated rings. The molecule has 29 heavy (non-hydrogen) atoms. The Morgan fingerprint density at radius 3 is 2.41 bits per heavy atom. The van der Waals surface area contributed by atoms with Crippen LogP contribution in [0.4, 0.5) is 5.82 Å². The predicted octanol–water partition coefficient (Wildman–Crippen LogP) is 5.30. The molecule has 0 unspecified atom stereocenters. The molecule has 148 valence electrons. The molecule has 3 N–H and O–H groups in total. The lowest BCUT2D eigenvalue weighted by Gasteiger charge is -2.15. The maximum Gasteiger partial charge on any atom is 0.143 e. The third kappa shape index (κ3) is 4.46. The Bertz CT molecular complexity index is 1070. The van der Waals surface area contributed by atoms with Crippen molar-refractivity contribution < 1.29 is 0 Å². The lowest BCUT2D eigenvalue weighted by atomic mass is 10.1. The van der Waals surface area contributed by atoms with E-state index < -0.39 is 0 Å². The van der Waals surface area contributed by atoms with Gasteiger partial charge in [0, 0.05) is 24.3 Å². The van der Waals surface area contributed by atoms with E-state index in [2.05, 4.69) is 101 Å². The molecular formula is C24H27N5. The number of aromatic nitrogens is 3. The topological polar surface area (TPSA) is 65.6 Å². The van der Waals surface area contributed by atoms with Crippen molar-refractivity contribution in [1.82, 2.24) is 20.3 Å². The van der Waals surface area contributed by atoms with Gasteiger partial charge in [0.1, 0.15) is 17.8 Å². The Morgan fingerprint density at radius 2 is 1.69 bits per heavy atom. The van der Waals surface area contributed by atoms with Gasteiger partial charge < -0.3 is 15.6 Å². The summed E-state index contributed by atoms with van der Waals surface area (Å²) in [5.41, 5.74) is 5.51. The molecule has 0 aliphatic rings. The third-order valence-corrected chi connectivity index (χ3v) is 5.06. The van der Waals surface area contributed by atoms with Crippen LogP contribution in [-0.2, 0) is 6.54 Å². The first-order valence-electron chi connectivity index (χ1n) is 10.1. The molecular weight excluding hydrogens is 358 g/mol. The van der Waals surface area contributed by atoms with Crippen molar-refractivity contribution >= 4 is 16.9 Å². The van der Waals surface area contributed by atoms with Crippen LogP contribution in [0.3, 0.4) is 0 Å². The average molecular weight is 386 g/mol. The van der Waals surface area contributed by atoms with Crippen molar-refractivity contribution in [3.05, 3.63) is 78.1 Å². The fourth-order valence-electron chi connectivity index (χ4n) is 3.36. The van der Waals surface area contributed by atoms with Gasteiger partial charge in [0.2, 0.25) is 0 Å². The molecule has 0 spiro atoms. The maximum atomic E-state index is 4.48. The van der Waals surface area contributed by atoms with Crippen LogP contribution in [0, 0.1) is 0 Å². The zero-order valence-electron chi connectivity index (χ0n) is 17.1. The molecule has 1 atom stereocenters. The number of nitrogens with zero attached hydrogens (tertiary/aromatic N) is 2. The fraction of sp³-hybridized carbons (Fsp3) is 0.250. The van der Waals surface area contributed by atoms with Crippen molar-refractivity contribution in [3.63, 3.8) is 0 Å². The van der Waals surface area contributed by atoms with Crippen LogP contribution in [0.15, 0.2) is 67.0 Å². The number of nitrogens with one attached hydrogen (secondary N) is 3. The highest BCUT2D eigenvalue weighted by atomic mass is 15.1. The van der Waals surface area contributed by atoms with E-state index in [1.165, 1.54) is 11.1 Å². The molecule has 2 aromatic carbocycles. The Kier molecular flexibility index (Phi) is 5.58. The van der Waals surface area contributed by atoms with Crippen LogP contribution in [0.2, 0.25) is 0 Å². The lowest BCUT2D eigenvalue weighted by molar-refractivity contribution is 0.589. The molecule has 0 radical (unpaired) electrons. The molecule has 0 aliphatic heterocycles. The number of benzene rings is 2. The third-order valence-electron chi connectivity index (χ3n) is 5.06. The van der Waals surface area contributed by atoms with E-state index in [9.17, 15) is 0 Å². The standard InChI is InChI=1S/C24H27N5/c1-16(2)25-14-18-9-11-20(12-10-18)22-13-21-23(26-15-27-24(21)29-22)28-17(3)19-7-5-4-6-8-19/h4-13,15-17,25H,14H2,1-3H3,(H2,26,27,28,29)/t17-/m1/s1. The molecule has 2 aromatic heterocycles. The van der Waals surface area contributed by atoms with Gasteiger partial charge in [-0.2, -0.15) is 0 Å². The molecule has 0 amide bonds. The van der Waals surface area contributed by atoms with Crippen molar-refractivity contribution in [2.45, 2.75) is 39.4 Å². The Hall–Kier alpha value is -3.18. The number of aromatic amines is 1. The predicted molar refractivity (Wildman–Crippen MR) is 120 cm³/mol. The number of fused-ring (bicyclic) bond motifs is 1. The summed E-state index contributed by atoms with van der Waals surface area (Å²) in [6.45, 7) is 7.33. The first-order valence-corrected chi connectivity index (χ1v) is 10.1. The largest absolute Gasteiger partial charge is 0.363 e. The second-order valence-corrected chi connectivity index (χ2v) is 7.68. The molecule has 5 nitrogen and oxygen atoms in total. The lowest BCUT2D eigenvalue weighted by Crippen LogP contribution is -2.21. The Labute approximate surface area is 171 Å². The monoisotopic (exact) mass is 385 g/mol. The van der Waals surface area contributed by atoms with Gasteiger partial charge in [-0.3, -0.25) is 0 Å². The van der Waals surface area contributed by atoms with E-state index in [0.29, 0.717) is 6.04 Å². The van der Waals surface area contributed by atoms with Crippen LogP contribution in [-0.4, -0.2) is 21.0 Å². The van der Waals surface area contributed by atoms with E-state index in [0.717, 1.165) is 34.7 Å². The molecule has 5 heteroatoms. The van der Waals surface area contributed by atoms with Gasteiger partial charge in [0.15, 0.2) is 0 Å². The highest BCUT2D eigenvalue weighted by Crippen LogP contribution is 2.29. The van der Waals surface area contributed by atoms with Crippen molar-refractivity contribution in [2.75, 3.05) is 5.32 Å². The summed E-state index contributed by atoms with van der Waals surface area (Å²) < 4.78 is 0. The van der Waals surface area contributed by atoms with E-state index in [1.807, 2.05) is 6.07 Å². The number of hydrogen-bond donors (Lipinski definition) is 3. The van der Waals surface area contributed by atoms with E-state index >= 15 is 0 Å². The number of anilines is 1. The summed E-state index contributed by atoms with van der Waals surface area (Å²) in [4.78, 5) is 12.3. The van der Waals surface area contributed by atoms with Gasteiger partial charge in [-0.05, 0) is 29.7 Å². The van der Waals surface area contributed by atoms with Crippen molar-refractivity contribution in [1.29, 1.82) is 0 Å². The first-order chi connectivity index (χ1) is 14.1. The minimum Gasteiger partial charge on any atom is -0.363 e. The van der Waals surface area contributed by atoms with Crippen LogP contribution < -0.4 is 10.6 Å². The summed E-state index contributed by atoms with van der Waals surface area (Å²) in [7, 11) is 0. The van der Waals surface area contributed by atoms with E-state index in [-0.39, 0.29) is 6.04 Å². The van der Waals surface area contributed by atoms with Crippen LogP contribution in [0.1, 0.15) is 37.9 Å².